The van der Waals surface area contributed by atoms with Crippen LogP contribution in [-0.2, 0) is 20.7 Å². The van der Waals surface area contributed by atoms with Crippen molar-refractivity contribution in [1.29, 1.82) is 0 Å². The second kappa shape index (κ2) is 8.52. The molecule has 1 fully saturated rings. The number of rotatable bonds is 5. The molecule has 2 heterocycles. The molecule has 0 bridgehead atoms. The molecule has 3 rings (SSSR count). The number of ether oxygens (including phenoxy) is 1. The lowest BCUT2D eigenvalue weighted by atomic mass is 9.87. The molecule has 1 aliphatic rings. The molecule has 1 atom stereocenters. The number of carbonyl (C=O) groups excluding carboxylic acids is 2. The lowest BCUT2D eigenvalue weighted by Crippen LogP contribution is -2.62. The van der Waals surface area contributed by atoms with E-state index in [-0.39, 0.29) is 24.3 Å². The Hall–Kier alpha value is -2.73. The second-order valence-electron chi connectivity index (χ2n) is 7.41. The molecular formula is C22H27N3O3. The molecule has 0 saturated carbocycles. The van der Waals surface area contributed by atoms with Crippen LogP contribution in [0.3, 0.4) is 0 Å². The van der Waals surface area contributed by atoms with Crippen LogP contribution in [0.15, 0.2) is 48.8 Å². The van der Waals surface area contributed by atoms with Gasteiger partial charge < -0.3 is 15.0 Å². The van der Waals surface area contributed by atoms with Gasteiger partial charge in [-0.1, -0.05) is 38.1 Å². The summed E-state index contributed by atoms with van der Waals surface area (Å²) in [4.78, 5) is 31.3. The highest BCUT2D eigenvalue weighted by Gasteiger charge is 2.45. The average molecular weight is 381 g/mol. The number of morpholine rings is 1. The number of carbonyl (C=O) groups is 2. The summed E-state index contributed by atoms with van der Waals surface area (Å²) >= 11 is 0. The van der Waals surface area contributed by atoms with Gasteiger partial charge in [0.2, 0.25) is 5.91 Å². The Morgan fingerprint density at radius 1 is 1.21 bits per heavy atom. The Bertz CT molecular complexity index is 838. The van der Waals surface area contributed by atoms with E-state index < -0.39 is 5.60 Å². The van der Waals surface area contributed by atoms with Crippen LogP contribution in [0, 0.1) is 5.92 Å². The smallest absolute Gasteiger partial charge is 0.254 e. The maximum atomic E-state index is 12.9. The van der Waals surface area contributed by atoms with E-state index in [0.717, 1.165) is 16.7 Å². The molecule has 1 aromatic heterocycles. The molecule has 6 heteroatoms. The van der Waals surface area contributed by atoms with Crippen molar-refractivity contribution in [2.75, 3.05) is 26.7 Å². The SMILES string of the molecule is CNC(=O)[C@]1(Cc2ccccc2-c2ccncc2)CN(C(=O)C(C)C)CCO1. The fourth-order valence-electron chi connectivity index (χ4n) is 3.69. The van der Waals surface area contributed by atoms with Crippen LogP contribution in [0.25, 0.3) is 11.1 Å². The van der Waals surface area contributed by atoms with Crippen molar-refractivity contribution in [2.45, 2.75) is 25.9 Å². The van der Waals surface area contributed by atoms with Crippen molar-refractivity contribution >= 4 is 11.8 Å². The van der Waals surface area contributed by atoms with Crippen LogP contribution >= 0.6 is 0 Å². The quantitative estimate of drug-likeness (QED) is 0.863. The Kier molecular flexibility index (Phi) is 6.09. The van der Waals surface area contributed by atoms with E-state index in [1.165, 1.54) is 0 Å². The van der Waals surface area contributed by atoms with Crippen molar-refractivity contribution in [2.24, 2.45) is 5.92 Å². The summed E-state index contributed by atoms with van der Waals surface area (Å²) in [6, 6.07) is 11.9. The summed E-state index contributed by atoms with van der Waals surface area (Å²) in [6.45, 7) is 4.83. The minimum atomic E-state index is -1.11. The van der Waals surface area contributed by atoms with Gasteiger partial charge in [-0.15, -0.1) is 0 Å². The van der Waals surface area contributed by atoms with Gasteiger partial charge in [-0.3, -0.25) is 14.6 Å². The summed E-state index contributed by atoms with van der Waals surface area (Å²) in [5, 5.41) is 2.73. The number of hydrogen-bond acceptors (Lipinski definition) is 4. The third-order valence-electron chi connectivity index (χ3n) is 5.12. The highest BCUT2D eigenvalue weighted by Crippen LogP contribution is 2.30. The average Bonchev–Trinajstić information content (AvgIpc) is 2.73. The van der Waals surface area contributed by atoms with E-state index in [4.69, 9.17) is 4.74 Å². The molecule has 1 saturated heterocycles. The molecular weight excluding hydrogens is 354 g/mol. The van der Waals surface area contributed by atoms with Crippen LogP contribution < -0.4 is 5.32 Å². The van der Waals surface area contributed by atoms with Gasteiger partial charge in [-0.05, 0) is 28.8 Å². The second-order valence-corrected chi connectivity index (χ2v) is 7.41. The number of benzene rings is 1. The molecule has 6 nitrogen and oxygen atoms in total. The van der Waals surface area contributed by atoms with E-state index >= 15 is 0 Å². The summed E-state index contributed by atoms with van der Waals surface area (Å²) in [6.07, 6.45) is 3.88. The van der Waals surface area contributed by atoms with E-state index in [1.54, 1.807) is 24.3 Å². The first kappa shape index (κ1) is 20.0. The predicted octanol–water partition coefficient (Wildman–Crippen LogP) is 2.29. The Labute approximate surface area is 165 Å². The lowest BCUT2D eigenvalue weighted by Gasteiger charge is -2.42. The maximum Gasteiger partial charge on any atom is 0.254 e. The van der Waals surface area contributed by atoms with E-state index in [1.807, 2.05) is 50.2 Å². The number of likely N-dealkylation sites (N-methyl/N-ethyl adjacent to an activating group) is 1. The number of amides is 2. The van der Waals surface area contributed by atoms with Gasteiger partial charge in [0.15, 0.2) is 5.60 Å². The molecule has 1 aliphatic heterocycles. The molecule has 0 unspecified atom stereocenters. The normalized spacial score (nSPS) is 19.5. The molecule has 0 aliphatic carbocycles. The first-order valence-corrected chi connectivity index (χ1v) is 9.60. The molecule has 1 aromatic carbocycles. The minimum Gasteiger partial charge on any atom is -0.361 e. The molecule has 2 aromatic rings. The fraction of sp³-hybridized carbons (Fsp3) is 0.409. The van der Waals surface area contributed by atoms with Crippen molar-refractivity contribution in [3.05, 3.63) is 54.4 Å². The molecule has 1 N–H and O–H groups in total. The number of nitrogens with zero attached hydrogens (tertiary/aromatic N) is 2. The fourth-order valence-corrected chi connectivity index (χ4v) is 3.69. The van der Waals surface area contributed by atoms with Gasteiger partial charge in [-0.2, -0.15) is 0 Å². The van der Waals surface area contributed by atoms with Crippen LogP contribution in [0.1, 0.15) is 19.4 Å². The number of aromatic nitrogens is 1. The van der Waals surface area contributed by atoms with E-state index in [2.05, 4.69) is 10.3 Å². The summed E-state index contributed by atoms with van der Waals surface area (Å²) in [7, 11) is 1.60. The van der Waals surface area contributed by atoms with Gasteiger partial charge in [0.1, 0.15) is 0 Å². The number of hydrogen-bond donors (Lipinski definition) is 1. The van der Waals surface area contributed by atoms with E-state index in [9.17, 15) is 9.59 Å². The van der Waals surface area contributed by atoms with Crippen molar-refractivity contribution < 1.29 is 14.3 Å². The summed E-state index contributed by atoms with van der Waals surface area (Å²) in [5.41, 5.74) is 1.95. The van der Waals surface area contributed by atoms with Gasteiger partial charge in [0, 0.05) is 38.3 Å². The molecule has 0 radical (unpaired) electrons. The first-order chi connectivity index (χ1) is 13.5. The predicted molar refractivity (Wildman–Crippen MR) is 108 cm³/mol. The van der Waals surface area contributed by atoms with Crippen molar-refractivity contribution in [1.82, 2.24) is 15.2 Å². The van der Waals surface area contributed by atoms with Gasteiger partial charge in [0.25, 0.3) is 5.91 Å². The Morgan fingerprint density at radius 3 is 2.61 bits per heavy atom. The lowest BCUT2D eigenvalue weighted by molar-refractivity contribution is -0.167. The minimum absolute atomic E-state index is 0.0407. The third kappa shape index (κ3) is 4.07. The topological polar surface area (TPSA) is 71.5 Å². The first-order valence-electron chi connectivity index (χ1n) is 9.60. The number of nitrogens with one attached hydrogen (secondary N) is 1. The highest BCUT2D eigenvalue weighted by molar-refractivity contribution is 5.88. The zero-order chi connectivity index (χ0) is 20.1. The monoisotopic (exact) mass is 381 g/mol. The molecule has 148 valence electrons. The van der Waals surface area contributed by atoms with Gasteiger partial charge in [0.05, 0.1) is 13.2 Å². The van der Waals surface area contributed by atoms with Gasteiger partial charge >= 0.3 is 0 Å². The third-order valence-corrected chi connectivity index (χ3v) is 5.12. The largest absolute Gasteiger partial charge is 0.361 e. The zero-order valence-corrected chi connectivity index (χ0v) is 16.6. The van der Waals surface area contributed by atoms with Crippen LogP contribution in [0.5, 0.6) is 0 Å². The maximum absolute atomic E-state index is 12.9. The summed E-state index contributed by atoms with van der Waals surface area (Å²) < 4.78 is 6.05. The number of pyridine rings is 1. The van der Waals surface area contributed by atoms with Crippen LogP contribution in [0.4, 0.5) is 0 Å². The summed E-state index contributed by atoms with van der Waals surface area (Å²) in [5.74, 6) is -0.290. The van der Waals surface area contributed by atoms with Crippen LogP contribution in [0.2, 0.25) is 0 Å². The highest BCUT2D eigenvalue weighted by atomic mass is 16.5. The Balaban J connectivity index is 1.97. The molecule has 2 amide bonds. The van der Waals surface area contributed by atoms with Gasteiger partial charge in [-0.25, -0.2) is 0 Å². The van der Waals surface area contributed by atoms with Crippen molar-refractivity contribution in [3.63, 3.8) is 0 Å². The van der Waals surface area contributed by atoms with E-state index in [0.29, 0.717) is 19.6 Å². The zero-order valence-electron chi connectivity index (χ0n) is 16.6. The molecule has 28 heavy (non-hydrogen) atoms. The van der Waals surface area contributed by atoms with Crippen molar-refractivity contribution in [3.8, 4) is 11.1 Å². The Morgan fingerprint density at radius 2 is 1.93 bits per heavy atom. The molecule has 0 spiro atoms. The standard InChI is InChI=1S/C22H27N3O3/c1-16(2)20(26)25-12-13-28-22(15-25,21(27)23-3)14-18-6-4-5-7-19(18)17-8-10-24-11-9-17/h4-11,16H,12-15H2,1-3H3,(H,23,27)/t22-/m0/s1. The van der Waals surface area contributed by atoms with Crippen LogP contribution in [-0.4, -0.2) is 54.0 Å².